The van der Waals surface area contributed by atoms with Crippen LogP contribution in [0.4, 0.5) is 13.2 Å². The Balaban J connectivity index is 1.79. The van der Waals surface area contributed by atoms with E-state index < -0.39 is 41.6 Å². The highest BCUT2D eigenvalue weighted by atomic mass is 19.4. The van der Waals surface area contributed by atoms with Crippen molar-refractivity contribution in [3.05, 3.63) is 59.7 Å². The Bertz CT molecular complexity index is 1070. The summed E-state index contributed by atoms with van der Waals surface area (Å²) in [7, 11) is 0. The minimum absolute atomic E-state index is 0.0110. The maximum absolute atomic E-state index is 13.1. The van der Waals surface area contributed by atoms with Gasteiger partial charge in [0, 0.05) is 12.0 Å². The van der Waals surface area contributed by atoms with Crippen LogP contribution in [0, 0.1) is 0 Å². The molecule has 2 aromatic carbocycles. The molecule has 0 aliphatic carbocycles. The summed E-state index contributed by atoms with van der Waals surface area (Å²) in [5.74, 6) is -2.26. The van der Waals surface area contributed by atoms with Gasteiger partial charge in [0.15, 0.2) is 5.78 Å². The van der Waals surface area contributed by atoms with E-state index in [2.05, 4.69) is 15.4 Å². The number of ketones is 1. The van der Waals surface area contributed by atoms with Crippen LogP contribution < -0.4 is 15.4 Å². The number of ether oxygens (including phenoxy) is 2. The third-order valence-corrected chi connectivity index (χ3v) is 5.56. The molecule has 0 aromatic heterocycles. The molecule has 3 unspecified atom stereocenters. The van der Waals surface area contributed by atoms with Crippen molar-refractivity contribution in [2.24, 2.45) is 0 Å². The van der Waals surface area contributed by atoms with Crippen LogP contribution in [-0.4, -0.2) is 53.4 Å². The fourth-order valence-corrected chi connectivity index (χ4v) is 3.44. The van der Waals surface area contributed by atoms with Crippen LogP contribution in [-0.2, 0) is 20.7 Å². The second-order valence-corrected chi connectivity index (χ2v) is 8.04. The molecule has 0 saturated carbocycles. The smallest absolute Gasteiger partial charge is 0.508 e. The summed E-state index contributed by atoms with van der Waals surface area (Å²) >= 11 is 0. The average molecular weight is 480 g/mol. The molecule has 3 rings (SSSR count). The van der Waals surface area contributed by atoms with Gasteiger partial charge in [-0.3, -0.25) is 14.4 Å². The zero-order valence-corrected chi connectivity index (χ0v) is 18.3. The van der Waals surface area contributed by atoms with Gasteiger partial charge in [-0.25, -0.2) is 0 Å². The molecular formula is C23H23F3N2O6. The number of phenolic OH excluding ortho intramolecular Hbond substituents is 1. The highest BCUT2D eigenvalue weighted by Gasteiger charge is 2.47. The second-order valence-electron chi connectivity index (χ2n) is 8.04. The Morgan fingerprint density at radius 1 is 1.24 bits per heavy atom. The summed E-state index contributed by atoms with van der Waals surface area (Å²) in [6.07, 6.45) is -5.49. The number of Topliss-reactive ketones (excluding diaryl/α,β-unsaturated/α-hetero) is 1. The van der Waals surface area contributed by atoms with Crippen molar-refractivity contribution in [2.45, 2.75) is 44.3 Å². The van der Waals surface area contributed by atoms with Gasteiger partial charge in [-0.2, -0.15) is 0 Å². The standard InChI is InChI=1S/C23H23F3N2O6/c1-13-22(2,19(30)12-33-13)28-21(32)18(11-14-4-3-5-16(29)10-14)27-20(31)15-6-8-17(9-7-15)34-23(24,25)26/h3-10,13,18,29H,11-12H2,1-2H3,(H,27,31)(H,28,32). The molecule has 2 aromatic rings. The average Bonchev–Trinajstić information content (AvgIpc) is 2.99. The first kappa shape index (κ1) is 25.0. The number of amides is 2. The molecule has 0 bridgehead atoms. The number of hydrogen-bond donors (Lipinski definition) is 3. The van der Waals surface area contributed by atoms with Crippen molar-refractivity contribution >= 4 is 17.6 Å². The monoisotopic (exact) mass is 480 g/mol. The molecule has 1 heterocycles. The van der Waals surface area contributed by atoms with E-state index in [1.807, 2.05) is 0 Å². The van der Waals surface area contributed by atoms with E-state index in [9.17, 15) is 32.7 Å². The van der Waals surface area contributed by atoms with E-state index in [1.165, 1.54) is 19.1 Å². The number of benzene rings is 2. The zero-order valence-electron chi connectivity index (χ0n) is 18.3. The fraction of sp³-hybridized carbons (Fsp3) is 0.348. The van der Waals surface area contributed by atoms with Gasteiger partial charge in [-0.05, 0) is 55.8 Å². The van der Waals surface area contributed by atoms with E-state index in [1.54, 1.807) is 19.1 Å². The van der Waals surface area contributed by atoms with Crippen molar-refractivity contribution < 1.29 is 42.1 Å². The molecule has 0 spiro atoms. The Morgan fingerprint density at radius 3 is 2.47 bits per heavy atom. The number of nitrogens with one attached hydrogen (secondary N) is 2. The number of carbonyl (C=O) groups excluding carboxylic acids is 3. The van der Waals surface area contributed by atoms with Crippen molar-refractivity contribution in [3.8, 4) is 11.5 Å². The lowest BCUT2D eigenvalue weighted by molar-refractivity contribution is -0.274. The number of alkyl halides is 3. The van der Waals surface area contributed by atoms with Crippen LogP contribution in [0.3, 0.4) is 0 Å². The predicted octanol–water partition coefficient (Wildman–Crippen LogP) is 2.49. The van der Waals surface area contributed by atoms with Gasteiger partial charge in [0.05, 0.1) is 6.10 Å². The molecule has 34 heavy (non-hydrogen) atoms. The first-order chi connectivity index (χ1) is 15.9. The first-order valence-electron chi connectivity index (χ1n) is 10.3. The predicted molar refractivity (Wildman–Crippen MR) is 113 cm³/mol. The molecule has 1 fully saturated rings. The van der Waals surface area contributed by atoms with Gasteiger partial charge in [0.25, 0.3) is 5.91 Å². The van der Waals surface area contributed by atoms with E-state index >= 15 is 0 Å². The molecular weight excluding hydrogens is 457 g/mol. The maximum atomic E-state index is 13.1. The lowest BCUT2D eigenvalue weighted by Crippen LogP contribution is -2.60. The highest BCUT2D eigenvalue weighted by Crippen LogP contribution is 2.24. The summed E-state index contributed by atoms with van der Waals surface area (Å²) < 4.78 is 46.2. The Kier molecular flexibility index (Phi) is 7.15. The fourth-order valence-electron chi connectivity index (χ4n) is 3.44. The van der Waals surface area contributed by atoms with Gasteiger partial charge in [-0.1, -0.05) is 12.1 Å². The second kappa shape index (κ2) is 9.72. The van der Waals surface area contributed by atoms with Crippen molar-refractivity contribution in [3.63, 3.8) is 0 Å². The maximum Gasteiger partial charge on any atom is 0.573 e. The lowest BCUT2D eigenvalue weighted by Gasteiger charge is -2.30. The summed E-state index contributed by atoms with van der Waals surface area (Å²) in [5, 5.41) is 14.9. The van der Waals surface area contributed by atoms with E-state index in [4.69, 9.17) is 4.74 Å². The van der Waals surface area contributed by atoms with Crippen molar-refractivity contribution in [2.75, 3.05) is 6.61 Å². The van der Waals surface area contributed by atoms with Gasteiger partial charge in [0.1, 0.15) is 29.7 Å². The summed E-state index contributed by atoms with van der Waals surface area (Å²) in [4.78, 5) is 38.2. The minimum atomic E-state index is -4.87. The van der Waals surface area contributed by atoms with Crippen molar-refractivity contribution in [1.82, 2.24) is 10.6 Å². The number of phenols is 1. The van der Waals surface area contributed by atoms with E-state index in [-0.39, 0.29) is 30.1 Å². The SMILES string of the molecule is CC1OCC(=O)C1(C)NC(=O)C(Cc1cccc(O)c1)NC(=O)c1ccc(OC(F)(F)F)cc1. The van der Waals surface area contributed by atoms with Gasteiger partial charge >= 0.3 is 6.36 Å². The van der Waals surface area contributed by atoms with Crippen LogP contribution in [0.1, 0.15) is 29.8 Å². The van der Waals surface area contributed by atoms with Gasteiger partial charge in [0.2, 0.25) is 5.91 Å². The minimum Gasteiger partial charge on any atom is -0.508 e. The molecule has 0 radical (unpaired) electrons. The molecule has 1 saturated heterocycles. The quantitative estimate of drug-likeness (QED) is 0.561. The molecule has 11 heteroatoms. The summed E-state index contributed by atoms with van der Waals surface area (Å²) in [6.45, 7) is 3.00. The summed E-state index contributed by atoms with van der Waals surface area (Å²) in [5.41, 5.74) is -0.778. The molecule has 8 nitrogen and oxygen atoms in total. The molecule has 2 amide bonds. The Morgan fingerprint density at radius 2 is 1.91 bits per heavy atom. The number of halogens is 3. The van der Waals surface area contributed by atoms with Crippen LogP contribution in [0.15, 0.2) is 48.5 Å². The summed E-state index contributed by atoms with van der Waals surface area (Å²) in [6, 6.07) is 9.10. The van der Waals surface area contributed by atoms with E-state index in [0.29, 0.717) is 5.56 Å². The molecule has 3 N–H and O–H groups in total. The van der Waals surface area contributed by atoms with Crippen molar-refractivity contribution in [1.29, 1.82) is 0 Å². The molecule has 1 aliphatic heterocycles. The number of rotatable bonds is 7. The van der Waals surface area contributed by atoms with E-state index in [0.717, 1.165) is 24.3 Å². The highest BCUT2D eigenvalue weighted by molar-refractivity contribution is 6.00. The topological polar surface area (TPSA) is 114 Å². The third-order valence-electron chi connectivity index (χ3n) is 5.56. The third kappa shape index (κ3) is 6.04. The normalized spacial score (nSPS) is 21.1. The molecule has 1 aliphatic rings. The zero-order chi connectivity index (χ0) is 25.1. The number of hydrogen-bond acceptors (Lipinski definition) is 6. The number of carbonyl (C=O) groups is 3. The number of aromatic hydroxyl groups is 1. The molecule has 3 atom stereocenters. The van der Waals surface area contributed by atoms with Crippen LogP contribution in [0.2, 0.25) is 0 Å². The van der Waals surface area contributed by atoms with Crippen LogP contribution >= 0.6 is 0 Å². The first-order valence-corrected chi connectivity index (χ1v) is 10.3. The largest absolute Gasteiger partial charge is 0.573 e. The van der Waals surface area contributed by atoms with Crippen LogP contribution in [0.5, 0.6) is 11.5 Å². The molecule has 182 valence electrons. The van der Waals surface area contributed by atoms with Gasteiger partial charge in [-0.15, -0.1) is 13.2 Å². The van der Waals surface area contributed by atoms with Crippen LogP contribution in [0.25, 0.3) is 0 Å². The Labute approximate surface area is 193 Å². The Hall–Kier alpha value is -3.60. The van der Waals surface area contributed by atoms with Gasteiger partial charge < -0.3 is 25.2 Å². The lowest BCUT2D eigenvalue weighted by atomic mass is 9.92.